The van der Waals surface area contributed by atoms with E-state index < -0.39 is 26.5 Å². The van der Waals surface area contributed by atoms with Gasteiger partial charge in [0.15, 0.2) is 19.7 Å². The SMILES string of the molecule is COC(=O)c1cnc(NC(=O)C2(S(=O)(=O)c3cc(C)ccc3C)CCCC2)s1. The molecule has 1 saturated carbocycles. The Balaban J connectivity index is 1.97. The molecular formula is C19H22N2O5S2. The standard InChI is InChI=1S/C19H22N2O5S2/c1-12-6-7-13(2)15(10-12)28(24,25)19(8-4-5-9-19)17(23)21-18-20-11-14(27-18)16(22)26-3/h6-7,10-11H,4-5,8-9H2,1-3H3,(H,20,21,23). The molecule has 1 heterocycles. The van der Waals surface area contributed by atoms with Crippen LogP contribution in [-0.4, -0.2) is 37.1 Å². The monoisotopic (exact) mass is 422 g/mol. The van der Waals surface area contributed by atoms with Gasteiger partial charge >= 0.3 is 5.97 Å². The lowest BCUT2D eigenvalue weighted by molar-refractivity contribution is -0.118. The Kier molecular flexibility index (Phi) is 5.58. The number of ether oxygens (including phenoxy) is 1. The molecule has 1 aromatic carbocycles. The molecule has 0 bridgehead atoms. The molecule has 2 aromatic rings. The molecule has 1 fully saturated rings. The van der Waals surface area contributed by atoms with Gasteiger partial charge in [0.25, 0.3) is 0 Å². The summed E-state index contributed by atoms with van der Waals surface area (Å²) in [5.74, 6) is -1.16. The Morgan fingerprint density at radius 1 is 1.21 bits per heavy atom. The van der Waals surface area contributed by atoms with Crippen molar-refractivity contribution in [2.75, 3.05) is 12.4 Å². The predicted molar refractivity (Wildman–Crippen MR) is 106 cm³/mol. The van der Waals surface area contributed by atoms with E-state index in [-0.39, 0.29) is 27.7 Å². The number of amides is 1. The first-order valence-corrected chi connectivity index (χ1v) is 11.2. The molecule has 1 N–H and O–H groups in total. The summed E-state index contributed by atoms with van der Waals surface area (Å²) in [7, 11) is -2.66. The summed E-state index contributed by atoms with van der Waals surface area (Å²) in [4.78, 5) is 29.2. The van der Waals surface area contributed by atoms with Crippen LogP contribution in [0.4, 0.5) is 5.13 Å². The zero-order valence-electron chi connectivity index (χ0n) is 15.9. The highest BCUT2D eigenvalue weighted by atomic mass is 32.2. The second-order valence-corrected chi connectivity index (χ2v) is 10.2. The van der Waals surface area contributed by atoms with E-state index in [1.54, 1.807) is 19.1 Å². The van der Waals surface area contributed by atoms with Crippen molar-refractivity contribution in [2.45, 2.75) is 49.2 Å². The van der Waals surface area contributed by atoms with E-state index in [4.69, 9.17) is 0 Å². The summed E-state index contributed by atoms with van der Waals surface area (Å²) in [6.45, 7) is 3.56. The van der Waals surface area contributed by atoms with Crippen LogP contribution in [-0.2, 0) is 19.4 Å². The van der Waals surface area contributed by atoms with Crippen LogP contribution in [0.1, 0.15) is 46.5 Å². The number of nitrogens with zero attached hydrogens (tertiary/aromatic N) is 1. The lowest BCUT2D eigenvalue weighted by Crippen LogP contribution is -2.47. The number of nitrogens with one attached hydrogen (secondary N) is 1. The van der Waals surface area contributed by atoms with E-state index in [0.717, 1.165) is 16.9 Å². The first-order valence-electron chi connectivity index (χ1n) is 8.89. The van der Waals surface area contributed by atoms with Crippen molar-refractivity contribution in [3.63, 3.8) is 0 Å². The minimum absolute atomic E-state index is 0.174. The quantitative estimate of drug-likeness (QED) is 0.742. The van der Waals surface area contributed by atoms with E-state index in [1.807, 2.05) is 13.0 Å². The highest BCUT2D eigenvalue weighted by molar-refractivity contribution is 7.93. The van der Waals surface area contributed by atoms with Gasteiger partial charge in [-0.05, 0) is 43.9 Å². The van der Waals surface area contributed by atoms with Gasteiger partial charge in [-0.1, -0.05) is 36.3 Å². The maximum atomic E-state index is 13.6. The number of carbonyl (C=O) groups excluding carboxylic acids is 2. The average molecular weight is 423 g/mol. The number of rotatable bonds is 5. The largest absolute Gasteiger partial charge is 0.465 e. The molecule has 0 unspecified atom stereocenters. The minimum Gasteiger partial charge on any atom is -0.465 e. The van der Waals surface area contributed by atoms with Crippen molar-refractivity contribution in [1.29, 1.82) is 0 Å². The van der Waals surface area contributed by atoms with Gasteiger partial charge in [0.05, 0.1) is 18.2 Å². The first kappa shape index (κ1) is 20.5. The lowest BCUT2D eigenvalue weighted by Gasteiger charge is -2.28. The number of anilines is 1. The fourth-order valence-electron chi connectivity index (χ4n) is 3.51. The molecule has 0 radical (unpaired) electrons. The maximum Gasteiger partial charge on any atom is 0.349 e. The maximum absolute atomic E-state index is 13.6. The number of sulfone groups is 1. The zero-order valence-corrected chi connectivity index (χ0v) is 17.6. The number of thiazole rings is 1. The highest BCUT2D eigenvalue weighted by Gasteiger charge is 2.53. The van der Waals surface area contributed by atoms with Crippen LogP contribution in [0.25, 0.3) is 0 Å². The molecule has 7 nitrogen and oxygen atoms in total. The molecule has 1 aliphatic rings. The number of esters is 1. The number of hydrogen-bond acceptors (Lipinski definition) is 7. The third-order valence-corrected chi connectivity index (χ3v) is 8.62. The molecule has 1 aliphatic carbocycles. The molecular weight excluding hydrogens is 400 g/mol. The molecule has 3 rings (SSSR count). The fourth-order valence-corrected chi connectivity index (χ4v) is 6.61. The van der Waals surface area contributed by atoms with Gasteiger partial charge < -0.3 is 10.1 Å². The number of benzene rings is 1. The highest BCUT2D eigenvalue weighted by Crippen LogP contribution is 2.42. The van der Waals surface area contributed by atoms with Crippen LogP contribution < -0.4 is 5.32 Å². The van der Waals surface area contributed by atoms with E-state index in [9.17, 15) is 18.0 Å². The topological polar surface area (TPSA) is 102 Å². The van der Waals surface area contributed by atoms with E-state index >= 15 is 0 Å². The van der Waals surface area contributed by atoms with Crippen molar-refractivity contribution in [1.82, 2.24) is 4.98 Å². The summed E-state index contributed by atoms with van der Waals surface area (Å²) in [6.07, 6.45) is 3.12. The smallest absolute Gasteiger partial charge is 0.349 e. The molecule has 1 amide bonds. The number of aromatic nitrogens is 1. The van der Waals surface area contributed by atoms with Gasteiger partial charge in [0, 0.05) is 0 Å². The van der Waals surface area contributed by atoms with Gasteiger partial charge in [0.1, 0.15) is 4.88 Å². The number of hydrogen-bond donors (Lipinski definition) is 1. The van der Waals surface area contributed by atoms with Crippen LogP contribution in [0.2, 0.25) is 0 Å². The Morgan fingerprint density at radius 2 is 1.89 bits per heavy atom. The van der Waals surface area contributed by atoms with E-state index in [1.165, 1.54) is 13.3 Å². The summed E-state index contributed by atoms with van der Waals surface area (Å²) >= 11 is 0.951. The first-order chi connectivity index (χ1) is 13.2. The summed E-state index contributed by atoms with van der Waals surface area (Å²) in [6, 6.07) is 5.22. The molecule has 0 atom stereocenters. The third kappa shape index (κ3) is 3.44. The van der Waals surface area contributed by atoms with Gasteiger partial charge in [-0.25, -0.2) is 18.2 Å². The lowest BCUT2D eigenvalue weighted by atomic mass is 10.1. The minimum atomic E-state index is -3.91. The Hall–Kier alpha value is -2.26. The van der Waals surface area contributed by atoms with Gasteiger partial charge in [0.2, 0.25) is 5.91 Å². The molecule has 0 spiro atoms. The molecule has 150 valence electrons. The fraction of sp³-hybridized carbons (Fsp3) is 0.421. The van der Waals surface area contributed by atoms with Crippen LogP contribution in [0.5, 0.6) is 0 Å². The van der Waals surface area contributed by atoms with Crippen molar-refractivity contribution in [3.05, 3.63) is 40.4 Å². The third-order valence-electron chi connectivity index (χ3n) is 5.09. The Morgan fingerprint density at radius 3 is 2.54 bits per heavy atom. The second-order valence-electron chi connectivity index (χ2n) is 6.95. The molecule has 0 aliphatic heterocycles. The van der Waals surface area contributed by atoms with Crippen LogP contribution in [0, 0.1) is 13.8 Å². The summed E-state index contributed by atoms with van der Waals surface area (Å²) in [5, 5.41) is 2.79. The molecule has 28 heavy (non-hydrogen) atoms. The van der Waals surface area contributed by atoms with E-state index in [0.29, 0.717) is 18.4 Å². The molecule has 1 aromatic heterocycles. The van der Waals surface area contributed by atoms with Gasteiger partial charge in [-0.15, -0.1) is 0 Å². The zero-order chi connectivity index (χ0) is 20.5. The average Bonchev–Trinajstić information content (AvgIpc) is 3.33. The number of carbonyl (C=O) groups is 2. The molecule has 0 saturated heterocycles. The predicted octanol–water partition coefficient (Wildman–Crippen LogP) is 3.27. The van der Waals surface area contributed by atoms with Crippen molar-refractivity contribution < 1.29 is 22.7 Å². The van der Waals surface area contributed by atoms with E-state index in [2.05, 4.69) is 15.0 Å². The Bertz CT molecular complexity index is 1020. The van der Waals surface area contributed by atoms with Crippen molar-refractivity contribution in [2.24, 2.45) is 0 Å². The van der Waals surface area contributed by atoms with Crippen molar-refractivity contribution >= 4 is 38.2 Å². The molecule has 9 heteroatoms. The van der Waals surface area contributed by atoms with Crippen LogP contribution in [0.3, 0.4) is 0 Å². The van der Waals surface area contributed by atoms with Gasteiger partial charge in [-0.3, -0.25) is 4.79 Å². The summed E-state index contributed by atoms with van der Waals surface area (Å²) in [5.41, 5.74) is 1.44. The number of methoxy groups -OCH3 is 1. The normalized spacial score (nSPS) is 16.0. The van der Waals surface area contributed by atoms with Gasteiger partial charge in [-0.2, -0.15) is 0 Å². The second kappa shape index (κ2) is 7.63. The summed E-state index contributed by atoms with van der Waals surface area (Å²) < 4.78 is 30.2. The van der Waals surface area contributed by atoms with Crippen LogP contribution in [0.15, 0.2) is 29.3 Å². The Labute approximate surface area is 168 Å². The van der Waals surface area contributed by atoms with Crippen LogP contribution >= 0.6 is 11.3 Å². The van der Waals surface area contributed by atoms with Crippen molar-refractivity contribution in [3.8, 4) is 0 Å². The number of aryl methyl sites for hydroxylation is 2.